The summed E-state index contributed by atoms with van der Waals surface area (Å²) in [5.41, 5.74) is 7.55. The molecule has 9 rings (SSSR count). The zero-order valence-electron chi connectivity index (χ0n) is 23.1. The SMILES string of the molecule is C1=c2c(n(-c3cccc4ccccc34)c3ccccc23)=CCC1c1ccc2c(c1)c1ccccc1n2-c1ccccc1. The largest absolute Gasteiger partial charge is 0.309 e. The van der Waals surface area contributed by atoms with Crippen molar-refractivity contribution in [3.05, 3.63) is 156 Å². The second-order valence-corrected chi connectivity index (χ2v) is 11.3. The van der Waals surface area contributed by atoms with E-state index in [-0.39, 0.29) is 0 Å². The van der Waals surface area contributed by atoms with Crippen molar-refractivity contribution in [3.8, 4) is 11.4 Å². The highest BCUT2D eigenvalue weighted by Crippen LogP contribution is 2.35. The van der Waals surface area contributed by atoms with Gasteiger partial charge in [0.1, 0.15) is 0 Å². The third-order valence-electron chi connectivity index (χ3n) is 9.03. The van der Waals surface area contributed by atoms with E-state index in [1.807, 2.05) is 0 Å². The lowest BCUT2D eigenvalue weighted by Crippen LogP contribution is -2.31. The summed E-state index contributed by atoms with van der Waals surface area (Å²) in [6.07, 6.45) is 5.94. The van der Waals surface area contributed by atoms with Gasteiger partial charge in [0, 0.05) is 43.7 Å². The molecule has 0 radical (unpaired) electrons. The fourth-order valence-corrected chi connectivity index (χ4v) is 7.14. The van der Waals surface area contributed by atoms with E-state index in [9.17, 15) is 0 Å². The predicted molar refractivity (Wildman–Crippen MR) is 177 cm³/mol. The zero-order chi connectivity index (χ0) is 27.6. The van der Waals surface area contributed by atoms with Gasteiger partial charge < -0.3 is 9.13 Å². The summed E-state index contributed by atoms with van der Waals surface area (Å²) in [6, 6.07) is 50.8. The highest BCUT2D eigenvalue weighted by Gasteiger charge is 2.19. The highest BCUT2D eigenvalue weighted by atomic mass is 15.0. The molecule has 1 aliphatic rings. The first-order valence-electron chi connectivity index (χ1n) is 14.7. The molecule has 1 atom stereocenters. The van der Waals surface area contributed by atoms with Gasteiger partial charge in [-0.25, -0.2) is 0 Å². The van der Waals surface area contributed by atoms with Gasteiger partial charge in [0.15, 0.2) is 0 Å². The van der Waals surface area contributed by atoms with Crippen LogP contribution in [0.25, 0.3) is 67.0 Å². The van der Waals surface area contributed by atoms with Gasteiger partial charge in [0.25, 0.3) is 0 Å². The fourth-order valence-electron chi connectivity index (χ4n) is 7.14. The molecular weight excluding hydrogens is 508 g/mol. The number of nitrogens with zero attached hydrogens (tertiary/aromatic N) is 2. The molecule has 2 nitrogen and oxygen atoms in total. The molecule has 2 heteroatoms. The van der Waals surface area contributed by atoms with Gasteiger partial charge in [0.2, 0.25) is 0 Å². The van der Waals surface area contributed by atoms with E-state index >= 15 is 0 Å². The van der Waals surface area contributed by atoms with Gasteiger partial charge in [0.05, 0.1) is 22.2 Å². The summed E-state index contributed by atoms with van der Waals surface area (Å²) in [5.74, 6) is 0.313. The molecule has 198 valence electrons. The van der Waals surface area contributed by atoms with Crippen LogP contribution in [-0.2, 0) is 0 Å². The number of para-hydroxylation sites is 3. The summed E-state index contributed by atoms with van der Waals surface area (Å²) < 4.78 is 4.86. The second-order valence-electron chi connectivity index (χ2n) is 11.3. The zero-order valence-corrected chi connectivity index (χ0v) is 23.1. The number of aromatic nitrogens is 2. The van der Waals surface area contributed by atoms with E-state index < -0.39 is 0 Å². The molecule has 42 heavy (non-hydrogen) atoms. The number of fused-ring (bicyclic) bond motifs is 7. The van der Waals surface area contributed by atoms with Crippen LogP contribution < -0.4 is 10.6 Å². The van der Waals surface area contributed by atoms with Gasteiger partial charge in [-0.05, 0) is 59.8 Å². The summed E-state index contributed by atoms with van der Waals surface area (Å²) in [6.45, 7) is 0. The lowest BCUT2D eigenvalue weighted by atomic mass is 9.90. The monoisotopic (exact) mass is 536 g/mol. The van der Waals surface area contributed by atoms with Gasteiger partial charge >= 0.3 is 0 Å². The predicted octanol–water partition coefficient (Wildman–Crippen LogP) is 8.63. The molecular formula is C40H28N2. The first kappa shape index (κ1) is 23.4. The molecule has 2 heterocycles. The highest BCUT2D eigenvalue weighted by molar-refractivity contribution is 6.09. The Balaban J connectivity index is 1.25. The quantitative estimate of drug-likeness (QED) is 0.214. The first-order chi connectivity index (χ1) is 20.8. The van der Waals surface area contributed by atoms with Gasteiger partial charge in [-0.2, -0.15) is 0 Å². The van der Waals surface area contributed by atoms with Gasteiger partial charge in [-0.1, -0.05) is 109 Å². The Kier molecular flexibility index (Phi) is 5.06. The van der Waals surface area contributed by atoms with Crippen molar-refractivity contribution in [2.75, 3.05) is 0 Å². The average Bonchev–Trinajstić information content (AvgIpc) is 3.57. The minimum Gasteiger partial charge on any atom is -0.309 e. The Morgan fingerprint density at radius 1 is 0.500 bits per heavy atom. The van der Waals surface area contributed by atoms with E-state index in [1.165, 1.54) is 71.0 Å². The van der Waals surface area contributed by atoms with Crippen molar-refractivity contribution in [3.63, 3.8) is 0 Å². The first-order valence-corrected chi connectivity index (χ1v) is 14.7. The van der Waals surface area contributed by atoms with E-state index in [1.54, 1.807) is 0 Å². The molecule has 0 amide bonds. The summed E-state index contributed by atoms with van der Waals surface area (Å²) in [4.78, 5) is 0. The van der Waals surface area contributed by atoms with Crippen molar-refractivity contribution in [2.45, 2.75) is 12.3 Å². The molecule has 2 aromatic heterocycles. The molecule has 6 aromatic carbocycles. The fraction of sp³-hybridized carbons (Fsp3) is 0.0500. The summed E-state index contributed by atoms with van der Waals surface area (Å²) >= 11 is 0. The van der Waals surface area contributed by atoms with Crippen molar-refractivity contribution >= 4 is 55.6 Å². The number of hydrogen-bond donors (Lipinski definition) is 0. The Morgan fingerprint density at radius 2 is 1.17 bits per heavy atom. The van der Waals surface area contributed by atoms with Crippen LogP contribution in [0.1, 0.15) is 17.9 Å². The van der Waals surface area contributed by atoms with E-state index in [2.05, 4.69) is 161 Å². The van der Waals surface area contributed by atoms with Crippen LogP contribution in [0.5, 0.6) is 0 Å². The third kappa shape index (κ3) is 3.39. The minimum atomic E-state index is 0.313. The molecule has 0 saturated carbocycles. The maximum atomic E-state index is 2.51. The summed E-state index contributed by atoms with van der Waals surface area (Å²) in [5, 5.41) is 9.09. The Bertz CT molecular complexity index is 2440. The molecule has 0 bridgehead atoms. The topological polar surface area (TPSA) is 9.86 Å². The molecule has 1 aliphatic carbocycles. The lowest BCUT2D eigenvalue weighted by Gasteiger charge is -2.16. The molecule has 1 unspecified atom stereocenters. The Labute approximate surface area is 243 Å². The van der Waals surface area contributed by atoms with Crippen LogP contribution in [0.4, 0.5) is 0 Å². The van der Waals surface area contributed by atoms with Crippen LogP contribution in [0, 0.1) is 0 Å². The molecule has 0 saturated heterocycles. The maximum Gasteiger partial charge on any atom is 0.0541 e. The second kappa shape index (κ2) is 9.09. The Hall–Kier alpha value is -5.34. The molecule has 0 aliphatic heterocycles. The lowest BCUT2D eigenvalue weighted by molar-refractivity contribution is 0.909. The van der Waals surface area contributed by atoms with Gasteiger partial charge in [-0.15, -0.1) is 0 Å². The maximum absolute atomic E-state index is 2.51. The number of benzene rings is 6. The van der Waals surface area contributed by atoms with Crippen LogP contribution in [0.15, 0.2) is 140 Å². The standard InChI is InChI=1S/C40H28N2/c1-2-13-30(14-3-1)41-37-18-8-6-16-32(37)34-25-28(21-23-39(34)41)29-22-24-40-35(26-29)33-17-7-9-19-38(33)42(40)36-20-10-12-27-11-4-5-15-31(27)36/h1-21,23-26,29H,22H2. The average molecular weight is 537 g/mol. The minimum absolute atomic E-state index is 0.313. The molecule has 0 spiro atoms. The summed E-state index contributed by atoms with van der Waals surface area (Å²) in [7, 11) is 0. The molecule has 8 aromatic rings. The van der Waals surface area contributed by atoms with E-state index in [0.717, 1.165) is 6.42 Å². The van der Waals surface area contributed by atoms with Crippen molar-refractivity contribution in [1.82, 2.24) is 9.13 Å². The van der Waals surface area contributed by atoms with Crippen molar-refractivity contribution in [1.29, 1.82) is 0 Å². The van der Waals surface area contributed by atoms with Crippen LogP contribution in [0.3, 0.4) is 0 Å². The van der Waals surface area contributed by atoms with Crippen LogP contribution >= 0.6 is 0 Å². The van der Waals surface area contributed by atoms with Crippen LogP contribution in [0.2, 0.25) is 0 Å². The molecule has 0 fully saturated rings. The van der Waals surface area contributed by atoms with Gasteiger partial charge in [-0.3, -0.25) is 0 Å². The van der Waals surface area contributed by atoms with E-state index in [0.29, 0.717) is 5.92 Å². The van der Waals surface area contributed by atoms with Crippen molar-refractivity contribution < 1.29 is 0 Å². The number of hydrogen-bond acceptors (Lipinski definition) is 0. The van der Waals surface area contributed by atoms with E-state index in [4.69, 9.17) is 0 Å². The number of rotatable bonds is 3. The molecule has 0 N–H and O–H groups in total. The van der Waals surface area contributed by atoms with Crippen LogP contribution in [-0.4, -0.2) is 9.13 Å². The third-order valence-corrected chi connectivity index (χ3v) is 9.03. The smallest absolute Gasteiger partial charge is 0.0541 e. The Morgan fingerprint density at radius 3 is 2.02 bits per heavy atom. The van der Waals surface area contributed by atoms with Crippen molar-refractivity contribution in [2.24, 2.45) is 0 Å². The normalized spacial score (nSPS) is 14.7.